The molecule has 0 saturated carbocycles. The maximum Gasteiger partial charge on any atom is 0.326 e. The van der Waals surface area contributed by atoms with E-state index in [4.69, 9.17) is 0 Å². The van der Waals surface area contributed by atoms with Crippen LogP contribution in [0.3, 0.4) is 0 Å². The average Bonchev–Trinajstić information content (AvgIpc) is 2.86. The predicted octanol–water partition coefficient (Wildman–Crippen LogP) is 3.02. The van der Waals surface area contributed by atoms with E-state index in [1.54, 1.807) is 13.8 Å². The van der Waals surface area contributed by atoms with Crippen molar-refractivity contribution in [1.82, 2.24) is 5.32 Å². The zero-order valence-corrected chi connectivity index (χ0v) is 13.1. The summed E-state index contributed by atoms with van der Waals surface area (Å²) in [5, 5.41) is 12.0. The van der Waals surface area contributed by atoms with Crippen molar-refractivity contribution in [2.45, 2.75) is 25.8 Å². The summed E-state index contributed by atoms with van der Waals surface area (Å²) in [5.41, 5.74) is 3.94. The molecule has 2 N–H and O–H groups in total. The zero-order valence-electron chi connectivity index (χ0n) is 13.1. The van der Waals surface area contributed by atoms with Gasteiger partial charge in [0, 0.05) is 0 Å². The van der Waals surface area contributed by atoms with Crippen LogP contribution in [0.5, 0.6) is 0 Å². The Balaban J connectivity index is 1.99. The van der Waals surface area contributed by atoms with Gasteiger partial charge in [-0.3, -0.25) is 4.79 Å². The van der Waals surface area contributed by atoms with Gasteiger partial charge in [-0.05, 0) is 28.2 Å². The van der Waals surface area contributed by atoms with Crippen LogP contribution in [-0.2, 0) is 9.59 Å². The molecular formula is C19H19NO3. The van der Waals surface area contributed by atoms with E-state index in [2.05, 4.69) is 5.32 Å². The molecule has 0 radical (unpaired) electrons. The monoisotopic (exact) mass is 309 g/mol. The van der Waals surface area contributed by atoms with Gasteiger partial charge in [0.15, 0.2) is 0 Å². The Morgan fingerprint density at radius 2 is 1.43 bits per heavy atom. The largest absolute Gasteiger partial charge is 0.480 e. The van der Waals surface area contributed by atoms with Crippen molar-refractivity contribution in [3.8, 4) is 11.1 Å². The molecule has 1 aliphatic rings. The fraction of sp³-hybridized carbons (Fsp3) is 0.263. The van der Waals surface area contributed by atoms with E-state index in [1.165, 1.54) is 0 Å². The molecule has 2 aromatic carbocycles. The van der Waals surface area contributed by atoms with E-state index in [0.29, 0.717) is 0 Å². The van der Waals surface area contributed by atoms with Gasteiger partial charge in [-0.2, -0.15) is 0 Å². The van der Waals surface area contributed by atoms with Crippen LogP contribution >= 0.6 is 0 Å². The van der Waals surface area contributed by atoms with Crippen LogP contribution in [0, 0.1) is 5.92 Å². The molecule has 4 nitrogen and oxygen atoms in total. The fourth-order valence-corrected chi connectivity index (χ4v) is 3.19. The summed E-state index contributed by atoms with van der Waals surface area (Å²) in [5.74, 6) is -1.90. The van der Waals surface area contributed by atoms with Crippen LogP contribution in [0.2, 0.25) is 0 Å². The van der Waals surface area contributed by atoms with E-state index in [0.717, 1.165) is 22.3 Å². The Bertz CT molecular complexity index is 721. The van der Waals surface area contributed by atoms with E-state index in [1.807, 2.05) is 48.5 Å². The molecule has 118 valence electrons. The third kappa shape index (κ3) is 2.61. The molecular weight excluding hydrogens is 290 g/mol. The molecule has 0 saturated heterocycles. The second-order valence-electron chi connectivity index (χ2n) is 6.18. The van der Waals surface area contributed by atoms with Gasteiger partial charge in [-0.1, -0.05) is 62.4 Å². The number of carboxylic acid groups (broad SMARTS) is 1. The molecule has 0 bridgehead atoms. The lowest BCUT2D eigenvalue weighted by molar-refractivity contribution is -0.143. The highest BCUT2D eigenvalue weighted by Gasteiger charge is 2.35. The van der Waals surface area contributed by atoms with E-state index >= 15 is 0 Å². The highest BCUT2D eigenvalue weighted by Crippen LogP contribution is 2.44. The Hall–Kier alpha value is -2.62. The van der Waals surface area contributed by atoms with Crippen molar-refractivity contribution < 1.29 is 14.7 Å². The third-order valence-corrected chi connectivity index (χ3v) is 4.33. The minimum Gasteiger partial charge on any atom is -0.480 e. The standard InChI is InChI=1S/C19H19NO3/c1-11(2)17(19(22)23)20-18(21)16-14-9-5-3-7-12(14)13-8-4-6-10-15(13)16/h3-11,16-17H,1-2H3,(H,20,21)(H,22,23)/t17-/m1/s1. The van der Waals surface area contributed by atoms with Crippen molar-refractivity contribution in [1.29, 1.82) is 0 Å². The highest BCUT2D eigenvalue weighted by atomic mass is 16.4. The van der Waals surface area contributed by atoms with Gasteiger partial charge < -0.3 is 10.4 Å². The third-order valence-electron chi connectivity index (χ3n) is 4.33. The molecule has 2 aromatic rings. The van der Waals surface area contributed by atoms with Crippen molar-refractivity contribution in [3.63, 3.8) is 0 Å². The van der Waals surface area contributed by atoms with Crippen LogP contribution < -0.4 is 5.32 Å². The number of benzene rings is 2. The summed E-state index contributed by atoms with van der Waals surface area (Å²) in [6.45, 7) is 3.57. The van der Waals surface area contributed by atoms with Crippen molar-refractivity contribution in [2.75, 3.05) is 0 Å². The summed E-state index contributed by atoms with van der Waals surface area (Å²) < 4.78 is 0. The van der Waals surface area contributed by atoms with Gasteiger partial charge in [0.25, 0.3) is 0 Å². The number of carbonyl (C=O) groups excluding carboxylic acids is 1. The van der Waals surface area contributed by atoms with Gasteiger partial charge in [0.1, 0.15) is 6.04 Å². The molecule has 1 atom stereocenters. The number of rotatable bonds is 4. The van der Waals surface area contributed by atoms with Crippen LogP contribution in [0.4, 0.5) is 0 Å². The molecule has 4 heteroatoms. The Morgan fingerprint density at radius 1 is 0.957 bits per heavy atom. The number of hydrogen-bond acceptors (Lipinski definition) is 2. The summed E-state index contributed by atoms with van der Waals surface area (Å²) in [6.07, 6.45) is 0. The normalized spacial score (nSPS) is 14.2. The van der Waals surface area contributed by atoms with Crippen molar-refractivity contribution >= 4 is 11.9 Å². The molecule has 0 aromatic heterocycles. The molecule has 1 aliphatic carbocycles. The molecule has 23 heavy (non-hydrogen) atoms. The van der Waals surface area contributed by atoms with Crippen LogP contribution in [0.15, 0.2) is 48.5 Å². The second kappa shape index (κ2) is 5.88. The molecule has 0 fully saturated rings. The van der Waals surface area contributed by atoms with E-state index < -0.39 is 17.9 Å². The fourth-order valence-electron chi connectivity index (χ4n) is 3.19. The second-order valence-corrected chi connectivity index (χ2v) is 6.18. The van der Waals surface area contributed by atoms with Gasteiger partial charge in [-0.25, -0.2) is 4.79 Å². The minimum absolute atomic E-state index is 0.177. The molecule has 0 heterocycles. The van der Waals surface area contributed by atoms with Crippen LogP contribution in [-0.4, -0.2) is 23.0 Å². The zero-order chi connectivity index (χ0) is 16.6. The van der Waals surface area contributed by atoms with E-state index in [-0.39, 0.29) is 11.8 Å². The Kier molecular flexibility index (Phi) is 3.90. The number of aliphatic carboxylic acids is 1. The molecule has 0 unspecified atom stereocenters. The first-order valence-corrected chi connectivity index (χ1v) is 7.72. The lowest BCUT2D eigenvalue weighted by Gasteiger charge is -2.21. The maximum atomic E-state index is 12.8. The Labute approximate surface area is 135 Å². The topological polar surface area (TPSA) is 66.4 Å². The van der Waals surface area contributed by atoms with Gasteiger partial charge in [0.05, 0.1) is 5.92 Å². The number of hydrogen-bond donors (Lipinski definition) is 2. The molecule has 0 aliphatic heterocycles. The van der Waals surface area contributed by atoms with Crippen LogP contribution in [0.1, 0.15) is 30.9 Å². The lowest BCUT2D eigenvalue weighted by atomic mass is 9.94. The van der Waals surface area contributed by atoms with Gasteiger partial charge in [-0.15, -0.1) is 0 Å². The first kappa shape index (κ1) is 15.3. The quantitative estimate of drug-likeness (QED) is 0.912. The number of fused-ring (bicyclic) bond motifs is 3. The number of carboxylic acids is 1. The van der Waals surface area contributed by atoms with E-state index in [9.17, 15) is 14.7 Å². The summed E-state index contributed by atoms with van der Waals surface area (Å²) in [4.78, 5) is 24.2. The summed E-state index contributed by atoms with van der Waals surface area (Å²) >= 11 is 0. The van der Waals surface area contributed by atoms with Gasteiger partial charge in [0.2, 0.25) is 5.91 Å². The lowest BCUT2D eigenvalue weighted by Crippen LogP contribution is -2.46. The van der Waals surface area contributed by atoms with Gasteiger partial charge >= 0.3 is 5.97 Å². The summed E-state index contributed by atoms with van der Waals surface area (Å²) in [6, 6.07) is 14.7. The predicted molar refractivity (Wildman–Crippen MR) is 88.1 cm³/mol. The van der Waals surface area contributed by atoms with Crippen LogP contribution in [0.25, 0.3) is 11.1 Å². The van der Waals surface area contributed by atoms with Crippen molar-refractivity contribution in [2.24, 2.45) is 5.92 Å². The first-order valence-electron chi connectivity index (χ1n) is 7.72. The maximum absolute atomic E-state index is 12.8. The SMILES string of the molecule is CC(C)[C@@H](NC(=O)C1c2ccccc2-c2ccccc21)C(=O)O. The average molecular weight is 309 g/mol. The Morgan fingerprint density at radius 3 is 1.87 bits per heavy atom. The highest BCUT2D eigenvalue weighted by molar-refractivity contribution is 5.97. The van der Waals surface area contributed by atoms with Crippen molar-refractivity contribution in [3.05, 3.63) is 59.7 Å². The smallest absolute Gasteiger partial charge is 0.326 e. The minimum atomic E-state index is -1.01. The first-order chi connectivity index (χ1) is 11.0. The number of nitrogens with one attached hydrogen (secondary N) is 1. The molecule has 0 spiro atoms. The number of carbonyl (C=O) groups is 2. The number of amides is 1. The molecule has 1 amide bonds. The summed E-state index contributed by atoms with van der Waals surface area (Å²) in [7, 11) is 0. The molecule has 3 rings (SSSR count).